The fourth-order valence-electron chi connectivity index (χ4n) is 4.98. The van der Waals surface area contributed by atoms with Gasteiger partial charge in [-0.15, -0.1) is 0 Å². The topological polar surface area (TPSA) is 172 Å². The minimum absolute atomic E-state index is 0.135. The van der Waals surface area contributed by atoms with E-state index in [1.165, 1.54) is 32.1 Å². The molecule has 0 aliphatic rings. The van der Waals surface area contributed by atoms with E-state index in [2.05, 4.69) is 79.1 Å². The van der Waals surface area contributed by atoms with Gasteiger partial charge in [0.1, 0.15) is 12.6 Å². The number of hydrogen-bond donors (Lipinski definition) is 3. The molecule has 314 valence electrons. The molecular weight excluding hydrogens is 721 g/mol. The van der Waals surface area contributed by atoms with E-state index in [4.69, 9.17) is 24.8 Å². The molecule has 0 amide bonds. The number of rotatable bonds is 37. The Morgan fingerprint density at radius 3 is 1.60 bits per heavy atom. The number of allylic oxidation sites excluding steroid dienone is 12. The lowest BCUT2D eigenvalue weighted by Gasteiger charge is -2.20. The van der Waals surface area contributed by atoms with Crippen molar-refractivity contribution in [2.24, 2.45) is 5.73 Å². The van der Waals surface area contributed by atoms with Crippen molar-refractivity contribution in [1.29, 1.82) is 0 Å². The van der Waals surface area contributed by atoms with E-state index >= 15 is 0 Å². The Hall–Kier alpha value is -3.08. The molecule has 0 radical (unpaired) electrons. The third-order valence-corrected chi connectivity index (χ3v) is 9.14. The summed E-state index contributed by atoms with van der Waals surface area (Å²) in [6, 6.07) is -1.53. The molecule has 11 nitrogen and oxygen atoms in total. The first-order valence-corrected chi connectivity index (χ1v) is 22.0. The highest BCUT2D eigenvalue weighted by molar-refractivity contribution is 7.47. The monoisotopic (exact) mass is 793 g/mol. The van der Waals surface area contributed by atoms with Gasteiger partial charge in [-0.1, -0.05) is 132 Å². The van der Waals surface area contributed by atoms with Crippen LogP contribution in [0.25, 0.3) is 0 Å². The number of phosphoric ester groups is 1. The largest absolute Gasteiger partial charge is 0.480 e. The maximum atomic E-state index is 12.6. The van der Waals surface area contributed by atoms with Crippen molar-refractivity contribution in [3.8, 4) is 0 Å². The molecule has 0 aliphatic heterocycles. The quantitative estimate of drug-likeness (QED) is 0.0236. The van der Waals surface area contributed by atoms with Crippen LogP contribution in [0.15, 0.2) is 72.9 Å². The van der Waals surface area contributed by atoms with Gasteiger partial charge in [-0.3, -0.25) is 23.4 Å². The highest BCUT2D eigenvalue weighted by Crippen LogP contribution is 2.43. The summed E-state index contributed by atoms with van der Waals surface area (Å²) in [5.41, 5.74) is 5.32. The van der Waals surface area contributed by atoms with E-state index in [1.807, 2.05) is 12.2 Å². The molecule has 0 aliphatic carbocycles. The van der Waals surface area contributed by atoms with Gasteiger partial charge in [0.05, 0.1) is 13.2 Å². The fraction of sp³-hybridized carbons (Fsp3) is 0.651. The Morgan fingerprint density at radius 2 is 1.04 bits per heavy atom. The Bertz CT molecular complexity index is 1210. The number of esters is 2. The molecule has 12 heteroatoms. The number of carboxylic acids is 1. The molecule has 0 aromatic heterocycles. The molecule has 0 rings (SSSR count). The number of hydrogen-bond acceptors (Lipinski definition) is 9. The van der Waals surface area contributed by atoms with Crippen molar-refractivity contribution in [2.75, 3.05) is 19.8 Å². The van der Waals surface area contributed by atoms with Gasteiger partial charge in [0.25, 0.3) is 0 Å². The Labute approximate surface area is 331 Å². The van der Waals surface area contributed by atoms with Crippen molar-refractivity contribution in [3.63, 3.8) is 0 Å². The average Bonchev–Trinajstić information content (AvgIpc) is 3.16. The highest BCUT2D eigenvalue weighted by Gasteiger charge is 2.28. The Morgan fingerprint density at radius 1 is 0.582 bits per heavy atom. The molecule has 0 aromatic carbocycles. The number of carboxylic acid groups (broad SMARTS) is 1. The molecule has 1 unspecified atom stereocenters. The van der Waals surface area contributed by atoms with Crippen LogP contribution < -0.4 is 5.73 Å². The summed E-state index contributed by atoms with van der Waals surface area (Å²) in [5.74, 6) is -2.47. The van der Waals surface area contributed by atoms with Crippen LogP contribution in [-0.4, -0.2) is 59.9 Å². The van der Waals surface area contributed by atoms with Crippen LogP contribution in [0.1, 0.15) is 149 Å². The highest BCUT2D eigenvalue weighted by atomic mass is 31.2. The van der Waals surface area contributed by atoms with Crippen molar-refractivity contribution in [2.45, 2.75) is 161 Å². The van der Waals surface area contributed by atoms with Crippen molar-refractivity contribution in [3.05, 3.63) is 72.9 Å². The first-order chi connectivity index (χ1) is 26.6. The van der Waals surface area contributed by atoms with Crippen molar-refractivity contribution >= 4 is 25.7 Å². The summed E-state index contributed by atoms with van der Waals surface area (Å²) >= 11 is 0. The predicted molar refractivity (Wildman–Crippen MR) is 221 cm³/mol. The van der Waals surface area contributed by atoms with E-state index in [0.29, 0.717) is 19.3 Å². The second kappa shape index (κ2) is 37.8. The maximum Gasteiger partial charge on any atom is 0.472 e. The normalized spacial score (nSPS) is 14.5. The lowest BCUT2D eigenvalue weighted by molar-refractivity contribution is -0.161. The van der Waals surface area contributed by atoms with Crippen LogP contribution in [0.5, 0.6) is 0 Å². The van der Waals surface area contributed by atoms with E-state index in [0.717, 1.165) is 70.6 Å². The summed E-state index contributed by atoms with van der Waals surface area (Å²) in [7, 11) is -4.73. The summed E-state index contributed by atoms with van der Waals surface area (Å²) < 4.78 is 32.6. The van der Waals surface area contributed by atoms with Gasteiger partial charge in [-0.25, -0.2) is 4.57 Å². The summed E-state index contributed by atoms with van der Waals surface area (Å²) in [4.78, 5) is 45.8. The second-order valence-corrected chi connectivity index (χ2v) is 14.8. The number of unbranched alkanes of at least 4 members (excludes halogenated alkanes) is 11. The van der Waals surface area contributed by atoms with E-state index in [9.17, 15) is 23.8 Å². The van der Waals surface area contributed by atoms with Crippen molar-refractivity contribution < 1.29 is 47.5 Å². The van der Waals surface area contributed by atoms with Crippen LogP contribution in [0.4, 0.5) is 0 Å². The first kappa shape index (κ1) is 51.9. The van der Waals surface area contributed by atoms with Gasteiger partial charge < -0.3 is 25.2 Å². The summed E-state index contributed by atoms with van der Waals surface area (Å²) in [5, 5.41) is 8.87. The molecule has 0 saturated heterocycles. The predicted octanol–water partition coefficient (Wildman–Crippen LogP) is 10.6. The smallest absolute Gasteiger partial charge is 0.472 e. The number of aliphatic carboxylic acids is 1. The standard InChI is InChI=1S/C43H72NO10P/c1-3-5-7-9-11-13-15-17-19-20-21-23-24-26-28-30-32-34-41(45)51-36-39(37-52-55(49,50)53-38-40(44)43(47)48)54-42(46)35-33-31-29-27-25-22-18-16-14-12-10-8-6-4-2/h5,7,11,13,16-19,21,23,26,28,39-40H,3-4,6,8-10,12,14-15,20,22,24-25,27,29-38,44H2,1-2H3,(H,47,48)(H,49,50)/b7-5+,13-11+,18-16+,19-17+,23-21+,28-26+/t39-,40+/m1/s1. The van der Waals surface area contributed by atoms with Crippen LogP contribution in [-0.2, 0) is 37.5 Å². The lowest BCUT2D eigenvalue weighted by atomic mass is 10.1. The minimum Gasteiger partial charge on any atom is -0.480 e. The Balaban J connectivity index is 4.52. The Kier molecular flexibility index (Phi) is 35.7. The molecule has 0 bridgehead atoms. The summed E-state index contributed by atoms with van der Waals surface area (Å²) in [6.45, 7) is 2.59. The number of carbonyl (C=O) groups excluding carboxylic acids is 2. The first-order valence-electron chi connectivity index (χ1n) is 20.5. The molecule has 0 saturated carbocycles. The number of phosphoric acid groups is 1. The van der Waals surface area contributed by atoms with E-state index in [-0.39, 0.29) is 19.4 Å². The molecule has 55 heavy (non-hydrogen) atoms. The molecule has 0 spiro atoms. The third kappa shape index (κ3) is 37.6. The molecule has 4 N–H and O–H groups in total. The van der Waals surface area contributed by atoms with Gasteiger partial charge >= 0.3 is 25.7 Å². The van der Waals surface area contributed by atoms with E-state index < -0.39 is 51.1 Å². The molecule has 0 fully saturated rings. The van der Waals surface area contributed by atoms with Crippen molar-refractivity contribution in [1.82, 2.24) is 0 Å². The number of carbonyl (C=O) groups is 3. The summed E-state index contributed by atoms with van der Waals surface area (Å²) in [6.07, 6.45) is 44.0. The zero-order chi connectivity index (χ0) is 40.7. The van der Waals surface area contributed by atoms with Crippen LogP contribution in [0.2, 0.25) is 0 Å². The molecule has 0 heterocycles. The molecule has 3 atom stereocenters. The second-order valence-electron chi connectivity index (χ2n) is 13.4. The van der Waals surface area contributed by atoms with Gasteiger partial charge in [0.2, 0.25) is 0 Å². The fourth-order valence-corrected chi connectivity index (χ4v) is 5.75. The van der Waals surface area contributed by atoms with Crippen LogP contribution in [0.3, 0.4) is 0 Å². The third-order valence-electron chi connectivity index (χ3n) is 8.19. The molecular formula is C43H72NO10P. The number of ether oxygens (including phenoxy) is 2. The van der Waals surface area contributed by atoms with Gasteiger partial charge in [0.15, 0.2) is 6.10 Å². The SMILES string of the molecule is CC/C=C/C/C=C/C/C=C/C/C=C/C/C=C/CCCC(=O)OC[C@H](COP(=O)(O)OC[C@H](N)C(=O)O)OC(=O)CCCCCCC/C=C/CCCCCCC. The maximum absolute atomic E-state index is 12.6. The zero-order valence-corrected chi connectivity index (χ0v) is 34.6. The van der Waals surface area contributed by atoms with Crippen LogP contribution in [0, 0.1) is 0 Å². The molecule has 0 aromatic rings. The lowest BCUT2D eigenvalue weighted by Crippen LogP contribution is -2.34. The average molecular weight is 794 g/mol. The van der Waals surface area contributed by atoms with Crippen LogP contribution >= 0.6 is 7.82 Å². The number of nitrogens with two attached hydrogens (primary N) is 1. The zero-order valence-electron chi connectivity index (χ0n) is 33.7. The minimum atomic E-state index is -4.73. The van der Waals surface area contributed by atoms with E-state index in [1.54, 1.807) is 0 Å². The van der Waals surface area contributed by atoms with Gasteiger partial charge in [-0.2, -0.15) is 0 Å². The van der Waals surface area contributed by atoms with Gasteiger partial charge in [0, 0.05) is 12.8 Å². The van der Waals surface area contributed by atoms with Gasteiger partial charge in [-0.05, 0) is 77.0 Å².